The Kier molecular flexibility index (Phi) is 4.67. The maximum absolute atomic E-state index is 13.8. The standard InChI is InChI=1S/C16H9F2IN2OS/c17-9-5-6-12(18)11(7-9)14-8-23-16(20-14)21-15(22)10-3-1-2-4-13(10)19/h1-8H,(H,20,21,22). The number of carbonyl (C=O) groups excluding carboxylic acids is 1. The Morgan fingerprint density at radius 2 is 1.96 bits per heavy atom. The number of thiazole rings is 1. The minimum Gasteiger partial charge on any atom is -0.298 e. The van der Waals surface area contributed by atoms with Gasteiger partial charge in [0.05, 0.1) is 11.3 Å². The first-order valence-electron chi connectivity index (χ1n) is 6.51. The molecule has 0 unspecified atom stereocenters. The van der Waals surface area contributed by atoms with Gasteiger partial charge in [0, 0.05) is 14.5 Å². The summed E-state index contributed by atoms with van der Waals surface area (Å²) in [6.45, 7) is 0. The third-order valence-electron chi connectivity index (χ3n) is 3.05. The van der Waals surface area contributed by atoms with Crippen LogP contribution in [0.4, 0.5) is 13.9 Å². The number of aromatic nitrogens is 1. The fourth-order valence-corrected chi connectivity index (χ4v) is 3.30. The minimum absolute atomic E-state index is 0.0658. The van der Waals surface area contributed by atoms with Gasteiger partial charge in [0.15, 0.2) is 5.13 Å². The zero-order valence-corrected chi connectivity index (χ0v) is 14.5. The highest BCUT2D eigenvalue weighted by Crippen LogP contribution is 2.28. The van der Waals surface area contributed by atoms with E-state index in [2.05, 4.69) is 32.9 Å². The molecule has 0 aliphatic carbocycles. The van der Waals surface area contributed by atoms with Gasteiger partial charge in [0.1, 0.15) is 11.6 Å². The quantitative estimate of drug-likeness (QED) is 0.584. The van der Waals surface area contributed by atoms with Gasteiger partial charge in [0.25, 0.3) is 5.91 Å². The molecule has 0 bridgehead atoms. The summed E-state index contributed by atoms with van der Waals surface area (Å²) in [5, 5.41) is 4.57. The molecule has 1 amide bonds. The number of rotatable bonds is 3. The summed E-state index contributed by atoms with van der Waals surface area (Å²) in [6.07, 6.45) is 0. The van der Waals surface area contributed by atoms with Crippen LogP contribution in [0.25, 0.3) is 11.3 Å². The fraction of sp³-hybridized carbons (Fsp3) is 0. The monoisotopic (exact) mass is 442 g/mol. The third kappa shape index (κ3) is 3.56. The number of anilines is 1. The molecule has 23 heavy (non-hydrogen) atoms. The highest BCUT2D eigenvalue weighted by atomic mass is 127. The minimum atomic E-state index is -0.563. The fourth-order valence-electron chi connectivity index (χ4n) is 1.96. The van der Waals surface area contributed by atoms with Gasteiger partial charge < -0.3 is 0 Å². The van der Waals surface area contributed by atoms with Crippen molar-refractivity contribution in [3.63, 3.8) is 0 Å². The third-order valence-corrected chi connectivity index (χ3v) is 4.75. The number of nitrogens with zero attached hydrogens (tertiary/aromatic N) is 1. The first-order valence-corrected chi connectivity index (χ1v) is 8.47. The molecule has 3 rings (SSSR count). The lowest BCUT2D eigenvalue weighted by Gasteiger charge is -2.03. The molecular formula is C16H9F2IN2OS. The highest BCUT2D eigenvalue weighted by Gasteiger charge is 2.14. The van der Waals surface area contributed by atoms with Crippen molar-refractivity contribution in [2.45, 2.75) is 0 Å². The number of hydrogen-bond donors (Lipinski definition) is 1. The van der Waals surface area contributed by atoms with Gasteiger partial charge >= 0.3 is 0 Å². The van der Waals surface area contributed by atoms with Crippen molar-refractivity contribution in [2.24, 2.45) is 0 Å². The van der Waals surface area contributed by atoms with Crippen LogP contribution in [0.3, 0.4) is 0 Å². The van der Waals surface area contributed by atoms with Crippen LogP contribution in [0, 0.1) is 15.2 Å². The van der Waals surface area contributed by atoms with Gasteiger partial charge in [-0.25, -0.2) is 13.8 Å². The molecule has 1 heterocycles. The molecule has 0 spiro atoms. The van der Waals surface area contributed by atoms with Crippen molar-refractivity contribution >= 4 is 45.0 Å². The summed E-state index contributed by atoms with van der Waals surface area (Å²) in [5.74, 6) is -1.40. The molecule has 0 fully saturated rings. The topological polar surface area (TPSA) is 42.0 Å². The van der Waals surface area contributed by atoms with Gasteiger partial charge in [-0.2, -0.15) is 0 Å². The van der Waals surface area contributed by atoms with Gasteiger partial charge in [0.2, 0.25) is 0 Å². The summed E-state index contributed by atoms with van der Waals surface area (Å²) < 4.78 is 27.8. The van der Waals surface area contributed by atoms with E-state index >= 15 is 0 Å². The van der Waals surface area contributed by atoms with Crippen LogP contribution in [0.2, 0.25) is 0 Å². The molecule has 0 aliphatic rings. The van der Waals surface area contributed by atoms with Crippen LogP contribution in [-0.4, -0.2) is 10.9 Å². The number of amides is 1. The molecule has 2 aromatic carbocycles. The maximum Gasteiger partial charge on any atom is 0.258 e. The van der Waals surface area contributed by atoms with Gasteiger partial charge in [-0.3, -0.25) is 10.1 Å². The van der Waals surface area contributed by atoms with E-state index in [9.17, 15) is 13.6 Å². The SMILES string of the molecule is O=C(Nc1nc(-c2cc(F)ccc2F)cs1)c1ccccc1I. The van der Waals surface area contributed by atoms with Gasteiger partial charge in [-0.15, -0.1) is 11.3 Å². The van der Waals surface area contributed by atoms with E-state index in [1.807, 2.05) is 12.1 Å². The summed E-state index contributed by atoms with van der Waals surface area (Å²) in [7, 11) is 0. The van der Waals surface area contributed by atoms with Crippen LogP contribution in [-0.2, 0) is 0 Å². The molecule has 1 aromatic heterocycles. The Morgan fingerprint density at radius 1 is 1.17 bits per heavy atom. The van der Waals surface area contributed by atoms with Crippen LogP contribution in [0.15, 0.2) is 47.8 Å². The van der Waals surface area contributed by atoms with Gasteiger partial charge in [-0.1, -0.05) is 12.1 Å². The molecule has 116 valence electrons. The zero-order chi connectivity index (χ0) is 16.4. The van der Waals surface area contributed by atoms with E-state index in [4.69, 9.17) is 0 Å². The molecule has 0 radical (unpaired) electrons. The number of carbonyl (C=O) groups is 1. The maximum atomic E-state index is 13.8. The second kappa shape index (κ2) is 6.71. The Hall–Kier alpha value is -1.87. The second-order valence-electron chi connectivity index (χ2n) is 4.60. The average Bonchev–Trinajstić information content (AvgIpc) is 2.98. The van der Waals surface area contributed by atoms with Crippen molar-refractivity contribution in [1.82, 2.24) is 4.98 Å². The van der Waals surface area contributed by atoms with E-state index in [0.717, 1.165) is 33.1 Å². The summed E-state index contributed by atoms with van der Waals surface area (Å²) in [6, 6.07) is 10.3. The Labute approximate surface area is 148 Å². The van der Waals surface area contributed by atoms with Crippen LogP contribution in [0.5, 0.6) is 0 Å². The van der Waals surface area contributed by atoms with E-state index in [1.165, 1.54) is 0 Å². The lowest BCUT2D eigenvalue weighted by Crippen LogP contribution is -2.13. The van der Waals surface area contributed by atoms with Crippen molar-refractivity contribution in [1.29, 1.82) is 0 Å². The number of nitrogens with one attached hydrogen (secondary N) is 1. The van der Waals surface area contributed by atoms with Crippen LogP contribution < -0.4 is 5.32 Å². The predicted octanol–water partition coefficient (Wildman–Crippen LogP) is 4.95. The summed E-state index contributed by atoms with van der Waals surface area (Å²) >= 11 is 3.22. The first-order chi connectivity index (χ1) is 11.0. The molecule has 0 saturated heterocycles. The Bertz CT molecular complexity index is 882. The number of hydrogen-bond acceptors (Lipinski definition) is 3. The largest absolute Gasteiger partial charge is 0.298 e. The molecular weight excluding hydrogens is 433 g/mol. The predicted molar refractivity (Wildman–Crippen MR) is 94.6 cm³/mol. The first kappa shape index (κ1) is 16.0. The summed E-state index contributed by atoms with van der Waals surface area (Å²) in [5.41, 5.74) is 0.878. The van der Waals surface area contributed by atoms with E-state index in [0.29, 0.717) is 10.7 Å². The number of benzene rings is 2. The van der Waals surface area contributed by atoms with Crippen molar-refractivity contribution in [3.8, 4) is 11.3 Å². The normalized spacial score (nSPS) is 10.6. The number of halogens is 3. The average molecular weight is 442 g/mol. The molecule has 0 aliphatic heterocycles. The highest BCUT2D eigenvalue weighted by molar-refractivity contribution is 14.1. The lowest BCUT2D eigenvalue weighted by molar-refractivity contribution is 0.102. The molecule has 1 N–H and O–H groups in total. The van der Waals surface area contributed by atoms with Crippen molar-refractivity contribution < 1.29 is 13.6 Å². The van der Waals surface area contributed by atoms with Gasteiger partial charge in [-0.05, 0) is 52.9 Å². The smallest absolute Gasteiger partial charge is 0.258 e. The Morgan fingerprint density at radius 3 is 2.74 bits per heavy atom. The van der Waals surface area contributed by atoms with E-state index in [-0.39, 0.29) is 17.2 Å². The second-order valence-corrected chi connectivity index (χ2v) is 6.62. The molecule has 3 nitrogen and oxygen atoms in total. The summed E-state index contributed by atoms with van der Waals surface area (Å²) in [4.78, 5) is 16.4. The van der Waals surface area contributed by atoms with E-state index in [1.54, 1.807) is 17.5 Å². The van der Waals surface area contributed by atoms with Crippen molar-refractivity contribution in [2.75, 3.05) is 5.32 Å². The lowest BCUT2D eigenvalue weighted by atomic mass is 10.1. The van der Waals surface area contributed by atoms with Crippen LogP contribution >= 0.6 is 33.9 Å². The molecule has 7 heteroatoms. The zero-order valence-electron chi connectivity index (χ0n) is 11.5. The Balaban J connectivity index is 1.84. The molecule has 0 atom stereocenters. The van der Waals surface area contributed by atoms with Crippen LogP contribution in [0.1, 0.15) is 10.4 Å². The molecule has 3 aromatic rings. The van der Waals surface area contributed by atoms with Crippen molar-refractivity contribution in [3.05, 3.63) is 68.6 Å². The van der Waals surface area contributed by atoms with E-state index < -0.39 is 11.6 Å². The molecule has 0 saturated carbocycles.